The number of carbonyl (C=O) groups excluding carboxylic acids is 10. The molecule has 6 fully saturated rings. The third kappa shape index (κ3) is 29.0. The van der Waals surface area contributed by atoms with Gasteiger partial charge in [0.25, 0.3) is 0 Å². The van der Waals surface area contributed by atoms with Crippen molar-refractivity contribution in [2.75, 3.05) is 39.6 Å². The SMILES string of the molecule is C=CC(=O)OCCCCOC(=O)C1CCC(C2CCC(C(=O)Oc3ccc(OC(=O)C4CCC(C5CCC(C(=O)OCCCCOC(=O)C=C)CC5)CC4)c4c(OC(C)=O)cccc34)CC2)CC1.C=CC(=O)OCCOC(=O)C1CCC(C2CCC(C(=O)Oc3ccccc3)CC2)CC1.[W].[W].[W].[W]. The van der Waals surface area contributed by atoms with E-state index in [0.717, 1.165) is 147 Å². The fourth-order valence-corrected chi connectivity index (χ4v) is 15.7. The van der Waals surface area contributed by atoms with Crippen LogP contribution in [0.25, 0.3) is 10.8 Å². The second kappa shape index (κ2) is 48.0. The Morgan fingerprint density at radius 3 is 0.942 bits per heavy atom. The van der Waals surface area contributed by atoms with Crippen LogP contribution in [-0.4, -0.2) is 99.3 Å². The maximum atomic E-state index is 13.8. The maximum absolute atomic E-state index is 13.8. The Kier molecular flexibility index (Phi) is 41.9. The third-order valence-corrected chi connectivity index (χ3v) is 21.3. The molecule has 24 heteroatoms. The molecule has 20 nitrogen and oxygen atoms in total. The molecule has 9 rings (SSSR count). The first-order valence-electron chi connectivity index (χ1n) is 36.3. The predicted octanol–water partition coefficient (Wildman–Crippen LogP) is 14.4. The zero-order chi connectivity index (χ0) is 70.5. The van der Waals surface area contributed by atoms with E-state index in [1.807, 2.05) is 18.2 Å². The van der Waals surface area contributed by atoms with Crippen LogP contribution in [0.15, 0.2) is 98.6 Å². The number of fused-ring (bicyclic) bond motifs is 1. The van der Waals surface area contributed by atoms with Crippen molar-refractivity contribution < 1.29 is 180 Å². The largest absolute Gasteiger partial charge is 0.465 e. The number of para-hydroxylation sites is 1. The van der Waals surface area contributed by atoms with Crippen molar-refractivity contribution in [2.45, 2.75) is 187 Å². The number of hydrogen-bond donors (Lipinski definition) is 0. The summed E-state index contributed by atoms with van der Waals surface area (Å²) in [5, 5.41) is 0.879. The van der Waals surface area contributed by atoms with Crippen molar-refractivity contribution in [1.82, 2.24) is 0 Å². The first-order chi connectivity index (χ1) is 48.0. The number of esters is 10. The van der Waals surface area contributed by atoms with Gasteiger partial charge in [-0.25, -0.2) is 14.4 Å². The molecule has 0 heterocycles. The molecule has 0 spiro atoms. The Bertz CT molecular complexity index is 3220. The average Bonchev–Trinajstić information content (AvgIpc) is 0.776. The minimum absolute atomic E-state index is 0. The van der Waals surface area contributed by atoms with E-state index in [2.05, 4.69) is 19.7 Å². The van der Waals surface area contributed by atoms with Crippen LogP contribution >= 0.6 is 0 Å². The summed E-state index contributed by atoms with van der Waals surface area (Å²) >= 11 is 0. The Morgan fingerprint density at radius 1 is 0.311 bits per heavy atom. The van der Waals surface area contributed by atoms with Crippen LogP contribution in [0, 0.1) is 71.0 Å². The van der Waals surface area contributed by atoms with Crippen molar-refractivity contribution in [3.05, 3.63) is 98.6 Å². The molecule has 0 saturated heterocycles. The summed E-state index contributed by atoms with van der Waals surface area (Å²) in [6.07, 6.45) is 26.8. The molecule has 6 aliphatic rings. The standard InChI is InChI=1S/C54H70O14.C25H32O6.4W/c1-4-48(56)62-31-6-8-33-64-51(58)40-21-13-36(14-22-40)38-17-25-42(26-18-38)53(60)67-45-29-30-47(50-44(45)11-10-12-46(50)66-35(3)55)68-54(61)43-27-19-39(20-28-43)37-15-23-41(24-16-37)52(59)65-34-9-7-32-63-49(57)5-2;1-2-23(26)29-16-17-30-24(27)20-12-8-18(9-13-20)19-10-14-21(15-11-19)25(28)31-22-6-4-3-5-7-22;;;;/h4-5,10-12,29-30,36-43H,1-2,6-9,13-28,31-34H2,3H3;2-7,18-21H,1,8-17H2;;;;. The molecule has 0 aliphatic heterocycles. The van der Waals surface area contributed by atoms with E-state index in [0.29, 0.717) is 122 Å². The Morgan fingerprint density at radius 2 is 0.592 bits per heavy atom. The number of rotatable bonds is 29. The summed E-state index contributed by atoms with van der Waals surface area (Å²) in [5.41, 5.74) is 0. The minimum Gasteiger partial charge on any atom is -0.465 e. The summed E-state index contributed by atoms with van der Waals surface area (Å²) in [5.74, 6) is 0.433. The van der Waals surface area contributed by atoms with Crippen LogP contribution in [0.1, 0.15) is 187 Å². The third-order valence-electron chi connectivity index (χ3n) is 21.3. The van der Waals surface area contributed by atoms with Gasteiger partial charge in [0.05, 0.1) is 67.3 Å². The van der Waals surface area contributed by atoms with Gasteiger partial charge < -0.3 is 47.4 Å². The minimum atomic E-state index is -0.537. The van der Waals surface area contributed by atoms with E-state index in [4.69, 9.17) is 47.4 Å². The molecule has 0 unspecified atom stereocenters. The summed E-state index contributed by atoms with van der Waals surface area (Å²) in [4.78, 5) is 123. The molecular weight excluding hydrogens is 2000 g/mol. The second-order valence-corrected chi connectivity index (χ2v) is 27.6. The molecule has 103 heavy (non-hydrogen) atoms. The number of carbonyl (C=O) groups is 10. The first-order valence-corrected chi connectivity index (χ1v) is 36.3. The van der Waals surface area contributed by atoms with Crippen molar-refractivity contribution in [1.29, 1.82) is 0 Å². The van der Waals surface area contributed by atoms with Gasteiger partial charge in [-0.3, -0.25) is 33.6 Å². The summed E-state index contributed by atoms with van der Waals surface area (Å²) in [6.45, 7) is 12.7. The van der Waals surface area contributed by atoms with Gasteiger partial charge in [-0.15, -0.1) is 0 Å². The van der Waals surface area contributed by atoms with Crippen molar-refractivity contribution in [3.8, 4) is 23.0 Å². The van der Waals surface area contributed by atoms with Crippen LogP contribution in [0.5, 0.6) is 23.0 Å². The predicted molar refractivity (Wildman–Crippen MR) is 366 cm³/mol. The van der Waals surface area contributed by atoms with Crippen molar-refractivity contribution in [3.63, 3.8) is 0 Å². The van der Waals surface area contributed by atoms with Crippen LogP contribution in [0.2, 0.25) is 0 Å². The number of ether oxygens (including phenoxy) is 10. The molecule has 562 valence electrons. The van der Waals surface area contributed by atoms with Gasteiger partial charge >= 0.3 is 59.7 Å². The van der Waals surface area contributed by atoms with Crippen LogP contribution in [0.4, 0.5) is 0 Å². The molecule has 0 bridgehead atoms. The molecule has 6 saturated carbocycles. The zero-order valence-corrected chi connectivity index (χ0v) is 71.1. The van der Waals surface area contributed by atoms with Crippen LogP contribution in [0.3, 0.4) is 0 Å². The Hall–Kier alpha value is -5.41. The van der Waals surface area contributed by atoms with Crippen LogP contribution < -0.4 is 18.9 Å². The number of hydrogen-bond acceptors (Lipinski definition) is 20. The fourth-order valence-electron chi connectivity index (χ4n) is 15.7. The Labute approximate surface area is 663 Å². The van der Waals surface area contributed by atoms with E-state index in [9.17, 15) is 47.9 Å². The molecule has 3 aromatic carbocycles. The van der Waals surface area contributed by atoms with E-state index in [-0.39, 0.29) is 194 Å². The monoisotopic (exact) mass is 2110 g/mol. The molecule has 0 radical (unpaired) electrons. The average molecular weight is 2110 g/mol. The second-order valence-electron chi connectivity index (χ2n) is 27.6. The Balaban J connectivity index is 0.000000539. The van der Waals surface area contributed by atoms with Gasteiger partial charge in [-0.05, 0) is 246 Å². The quantitative estimate of drug-likeness (QED) is 0.0205. The summed E-state index contributed by atoms with van der Waals surface area (Å²) < 4.78 is 54.3. The molecular formula is C79H102O20W4. The first kappa shape index (κ1) is 90.0. The van der Waals surface area contributed by atoms with E-state index < -0.39 is 23.9 Å². The van der Waals surface area contributed by atoms with Gasteiger partial charge in [0, 0.05) is 115 Å². The number of unbranched alkanes of at least 4 members (excludes halogenated alkanes) is 2. The van der Waals surface area contributed by atoms with E-state index in [1.54, 1.807) is 42.5 Å². The maximum Gasteiger partial charge on any atom is 0.330 e. The normalized spacial score (nSPS) is 24.2. The van der Waals surface area contributed by atoms with Gasteiger partial charge in [0.2, 0.25) is 0 Å². The molecule has 6 aliphatic carbocycles. The number of benzene rings is 3. The molecule has 0 amide bonds. The van der Waals surface area contributed by atoms with Gasteiger partial charge in [0.1, 0.15) is 36.2 Å². The van der Waals surface area contributed by atoms with E-state index in [1.165, 1.54) is 6.92 Å². The van der Waals surface area contributed by atoms with Crippen LogP contribution in [-0.2, 0) is 161 Å². The van der Waals surface area contributed by atoms with Gasteiger partial charge in [0.15, 0.2) is 0 Å². The smallest absolute Gasteiger partial charge is 0.330 e. The van der Waals surface area contributed by atoms with Gasteiger partial charge in [-0.1, -0.05) is 50.1 Å². The molecule has 0 atom stereocenters. The van der Waals surface area contributed by atoms with Crippen molar-refractivity contribution >= 4 is 70.5 Å². The zero-order valence-electron chi connectivity index (χ0n) is 59.4. The fraction of sp³-hybridized carbons (Fsp3) is 0.595. The van der Waals surface area contributed by atoms with Crippen molar-refractivity contribution in [2.24, 2.45) is 71.0 Å². The topological polar surface area (TPSA) is 263 Å². The summed E-state index contributed by atoms with van der Waals surface area (Å²) in [7, 11) is 0. The molecule has 0 N–H and O–H groups in total. The summed E-state index contributed by atoms with van der Waals surface area (Å²) in [6, 6.07) is 17.6. The molecule has 0 aromatic heterocycles. The van der Waals surface area contributed by atoms with E-state index >= 15 is 0 Å². The van der Waals surface area contributed by atoms with Gasteiger partial charge in [-0.2, -0.15) is 0 Å². The molecule has 3 aromatic rings.